The summed E-state index contributed by atoms with van der Waals surface area (Å²) in [7, 11) is 0. The molecule has 12 heavy (non-hydrogen) atoms. The molecule has 0 aliphatic heterocycles. The van der Waals surface area contributed by atoms with Gasteiger partial charge in [0.1, 0.15) is 11.2 Å². The van der Waals surface area contributed by atoms with Crippen LogP contribution in [0.5, 0.6) is 0 Å². The van der Waals surface area contributed by atoms with Gasteiger partial charge in [-0.05, 0) is 39.5 Å². The maximum absolute atomic E-state index is 9.14. The Bertz CT molecular complexity index is 225. The average Bonchev–Trinajstić information content (AvgIpc) is 1.76. The van der Waals surface area contributed by atoms with Gasteiger partial charge in [-0.1, -0.05) is 11.8 Å². The lowest BCUT2D eigenvalue weighted by Crippen LogP contribution is -2.15. The van der Waals surface area contributed by atoms with Crippen LogP contribution in [0.1, 0.15) is 27.7 Å². The molecule has 0 aromatic rings. The molecule has 0 unspecified atom stereocenters. The van der Waals surface area contributed by atoms with Crippen LogP contribution in [0.2, 0.25) is 0 Å². The third kappa shape index (κ3) is 9.04. The highest BCUT2D eigenvalue weighted by Crippen LogP contribution is 1.97. The predicted molar refractivity (Wildman–Crippen MR) is 48.1 cm³/mol. The van der Waals surface area contributed by atoms with E-state index in [0.717, 1.165) is 0 Å². The minimum atomic E-state index is -1.02. The summed E-state index contributed by atoms with van der Waals surface area (Å²) in [6.45, 7) is 6.30. The summed E-state index contributed by atoms with van der Waals surface area (Å²) in [6.07, 6.45) is 0. The summed E-state index contributed by atoms with van der Waals surface area (Å²) >= 11 is 0. The van der Waals surface area contributed by atoms with Gasteiger partial charge in [-0.25, -0.2) is 0 Å². The van der Waals surface area contributed by atoms with E-state index in [-0.39, 0.29) is 0 Å². The number of aliphatic hydroxyl groups is 2. The van der Waals surface area contributed by atoms with Crippen LogP contribution in [0, 0.1) is 23.7 Å². The van der Waals surface area contributed by atoms with Crippen molar-refractivity contribution >= 4 is 0 Å². The Labute approximate surface area is 73.6 Å². The molecule has 0 amide bonds. The molecule has 0 aliphatic rings. The maximum atomic E-state index is 9.14. The number of hydrogen-bond donors (Lipinski definition) is 2. The zero-order valence-electron chi connectivity index (χ0n) is 7.89. The summed E-state index contributed by atoms with van der Waals surface area (Å²) in [5, 5.41) is 18.3. The fourth-order valence-electron chi connectivity index (χ4n) is 0.368. The smallest absolute Gasteiger partial charge is 0.120 e. The Morgan fingerprint density at radius 3 is 1.17 bits per heavy atom. The van der Waals surface area contributed by atoms with Crippen molar-refractivity contribution < 1.29 is 10.2 Å². The van der Waals surface area contributed by atoms with Crippen molar-refractivity contribution in [1.29, 1.82) is 0 Å². The van der Waals surface area contributed by atoms with E-state index in [0.29, 0.717) is 0 Å². The molecule has 0 saturated carbocycles. The van der Waals surface area contributed by atoms with Crippen molar-refractivity contribution in [3.05, 3.63) is 0 Å². The summed E-state index contributed by atoms with van der Waals surface area (Å²) in [5.74, 6) is 9.95. The van der Waals surface area contributed by atoms with Gasteiger partial charge in [-0.15, -0.1) is 0 Å². The van der Waals surface area contributed by atoms with E-state index in [9.17, 15) is 0 Å². The third-order valence-electron chi connectivity index (χ3n) is 0.799. The molecule has 2 N–H and O–H groups in total. The molecule has 0 bridgehead atoms. The van der Waals surface area contributed by atoms with Crippen LogP contribution in [0.3, 0.4) is 0 Å². The first-order valence-corrected chi connectivity index (χ1v) is 3.70. The van der Waals surface area contributed by atoms with E-state index in [1.165, 1.54) is 0 Å². The van der Waals surface area contributed by atoms with Gasteiger partial charge < -0.3 is 10.2 Å². The van der Waals surface area contributed by atoms with Crippen molar-refractivity contribution in [3.63, 3.8) is 0 Å². The Morgan fingerprint density at radius 1 is 0.750 bits per heavy atom. The number of hydrogen-bond acceptors (Lipinski definition) is 2. The van der Waals surface area contributed by atoms with Crippen LogP contribution in [-0.2, 0) is 0 Å². The second-order valence-electron chi connectivity index (χ2n) is 3.62. The maximum Gasteiger partial charge on any atom is 0.120 e. The van der Waals surface area contributed by atoms with Gasteiger partial charge in [0.2, 0.25) is 0 Å². The van der Waals surface area contributed by atoms with E-state index in [4.69, 9.17) is 10.2 Å². The molecule has 0 atom stereocenters. The first kappa shape index (κ1) is 11.0. The minimum absolute atomic E-state index is 1.02. The van der Waals surface area contributed by atoms with E-state index >= 15 is 0 Å². The monoisotopic (exact) mass is 166 g/mol. The molecular weight excluding hydrogens is 152 g/mol. The van der Waals surface area contributed by atoms with Crippen LogP contribution in [0.15, 0.2) is 0 Å². The lowest BCUT2D eigenvalue weighted by atomic mass is 10.1. The molecule has 2 nitrogen and oxygen atoms in total. The third-order valence-corrected chi connectivity index (χ3v) is 0.799. The van der Waals surface area contributed by atoms with Crippen molar-refractivity contribution in [1.82, 2.24) is 0 Å². The fraction of sp³-hybridized carbons (Fsp3) is 0.600. The second-order valence-corrected chi connectivity index (χ2v) is 3.62. The topological polar surface area (TPSA) is 40.5 Å². The van der Waals surface area contributed by atoms with E-state index in [1.807, 2.05) is 0 Å². The largest absolute Gasteiger partial charge is 0.378 e. The average molecular weight is 166 g/mol. The van der Waals surface area contributed by atoms with Gasteiger partial charge in [0.05, 0.1) is 0 Å². The van der Waals surface area contributed by atoms with Crippen LogP contribution in [0.25, 0.3) is 0 Å². The predicted octanol–water partition coefficient (Wildman–Crippen LogP) is 0.535. The molecule has 0 aliphatic carbocycles. The van der Waals surface area contributed by atoms with Gasteiger partial charge in [-0.3, -0.25) is 0 Å². The van der Waals surface area contributed by atoms with Crippen LogP contribution < -0.4 is 0 Å². The Morgan fingerprint density at radius 2 is 1.00 bits per heavy atom. The Balaban J connectivity index is 4.27. The summed E-state index contributed by atoms with van der Waals surface area (Å²) in [4.78, 5) is 0. The van der Waals surface area contributed by atoms with Gasteiger partial charge in [0.25, 0.3) is 0 Å². The zero-order valence-corrected chi connectivity index (χ0v) is 7.89. The molecular formula is C10H14O2. The van der Waals surface area contributed by atoms with E-state index < -0.39 is 11.2 Å². The van der Waals surface area contributed by atoms with Crippen LogP contribution >= 0.6 is 0 Å². The molecule has 0 spiro atoms. The van der Waals surface area contributed by atoms with Crippen molar-refractivity contribution in [2.75, 3.05) is 0 Å². The fourth-order valence-corrected chi connectivity index (χ4v) is 0.368. The molecule has 0 rings (SSSR count). The number of rotatable bonds is 0. The zero-order chi connectivity index (χ0) is 9.83. The van der Waals surface area contributed by atoms with E-state index in [1.54, 1.807) is 27.7 Å². The highest BCUT2D eigenvalue weighted by molar-refractivity contribution is 5.31. The SMILES string of the molecule is CC(C)(O)C#CC#CC(C)(C)O. The van der Waals surface area contributed by atoms with Crippen LogP contribution in [0.4, 0.5) is 0 Å². The molecule has 66 valence electrons. The standard InChI is InChI=1S/C10H14O2/c1-9(2,11)7-5-6-8-10(3,4)12/h11-12H,1-4H3. The lowest BCUT2D eigenvalue weighted by molar-refractivity contribution is 0.142. The van der Waals surface area contributed by atoms with E-state index in [2.05, 4.69) is 23.7 Å². The molecule has 0 heterocycles. The first-order chi connectivity index (χ1) is 5.21. The molecule has 0 fully saturated rings. The Hall–Kier alpha value is -0.960. The molecule has 2 heteroatoms. The normalized spacial score (nSPS) is 10.8. The summed E-state index contributed by atoms with van der Waals surface area (Å²) < 4.78 is 0. The van der Waals surface area contributed by atoms with Gasteiger partial charge >= 0.3 is 0 Å². The van der Waals surface area contributed by atoms with Crippen LogP contribution in [-0.4, -0.2) is 21.4 Å². The second kappa shape index (κ2) is 3.63. The summed E-state index contributed by atoms with van der Waals surface area (Å²) in [6, 6.07) is 0. The van der Waals surface area contributed by atoms with Gasteiger partial charge in [0, 0.05) is 0 Å². The van der Waals surface area contributed by atoms with Gasteiger partial charge in [0.15, 0.2) is 0 Å². The highest BCUT2D eigenvalue weighted by atomic mass is 16.3. The van der Waals surface area contributed by atoms with Crippen molar-refractivity contribution in [2.45, 2.75) is 38.9 Å². The quantitative estimate of drug-likeness (QED) is 0.515. The van der Waals surface area contributed by atoms with Crippen molar-refractivity contribution in [2.24, 2.45) is 0 Å². The summed E-state index contributed by atoms with van der Waals surface area (Å²) in [5.41, 5.74) is -2.04. The molecule has 0 saturated heterocycles. The first-order valence-electron chi connectivity index (χ1n) is 3.70. The Kier molecular flexibility index (Phi) is 3.34. The van der Waals surface area contributed by atoms with Gasteiger partial charge in [-0.2, -0.15) is 0 Å². The minimum Gasteiger partial charge on any atom is -0.378 e. The molecule has 0 radical (unpaired) electrons. The molecule has 0 aromatic carbocycles. The molecule has 0 aromatic heterocycles. The van der Waals surface area contributed by atoms with Crippen molar-refractivity contribution in [3.8, 4) is 23.7 Å². The lowest BCUT2D eigenvalue weighted by Gasteiger charge is -2.05. The highest BCUT2D eigenvalue weighted by Gasteiger charge is 2.06.